The molecule has 8 nitrogen and oxygen atoms in total. The SMILES string of the molecule is NN.O=C(O)OCCOC(=O)O. The van der Waals surface area contributed by atoms with Gasteiger partial charge < -0.3 is 19.7 Å². The van der Waals surface area contributed by atoms with Crippen LogP contribution in [0, 0.1) is 0 Å². The number of nitrogens with two attached hydrogens (primary N) is 2. The van der Waals surface area contributed by atoms with Crippen molar-refractivity contribution in [2.75, 3.05) is 13.2 Å². The second-order valence-corrected chi connectivity index (χ2v) is 1.23. The molecule has 0 aliphatic heterocycles. The molecule has 6 N–H and O–H groups in total. The third-order valence-corrected chi connectivity index (χ3v) is 0.534. The van der Waals surface area contributed by atoms with Crippen LogP contribution < -0.4 is 11.7 Å². The lowest BCUT2D eigenvalue weighted by Crippen LogP contribution is -2.10. The maximum atomic E-state index is 9.62. The molecular formula is C4H10N2O6. The van der Waals surface area contributed by atoms with Gasteiger partial charge in [0.1, 0.15) is 13.2 Å². The smallest absolute Gasteiger partial charge is 0.450 e. The standard InChI is InChI=1S/C4H6O6.H4N2/c5-3(6)9-1-2-10-4(7)8;1-2/h1-2H2,(H,5,6)(H,7,8);1-2H2. The lowest BCUT2D eigenvalue weighted by Gasteiger charge is -1.98. The first-order chi connectivity index (χ1) is 5.63. The third kappa shape index (κ3) is 15.8. The largest absolute Gasteiger partial charge is 0.505 e. The van der Waals surface area contributed by atoms with Crippen molar-refractivity contribution in [1.82, 2.24) is 0 Å². The van der Waals surface area contributed by atoms with E-state index in [0.717, 1.165) is 0 Å². The van der Waals surface area contributed by atoms with E-state index in [4.69, 9.17) is 10.2 Å². The Labute approximate surface area is 67.6 Å². The Bertz CT molecular complexity index is 122. The van der Waals surface area contributed by atoms with Crippen molar-refractivity contribution in [3.05, 3.63) is 0 Å². The zero-order chi connectivity index (χ0) is 9.98. The Morgan fingerprint density at radius 3 is 1.42 bits per heavy atom. The maximum Gasteiger partial charge on any atom is 0.505 e. The van der Waals surface area contributed by atoms with Crippen LogP contribution in [0.2, 0.25) is 0 Å². The molecule has 12 heavy (non-hydrogen) atoms. The maximum absolute atomic E-state index is 9.62. The number of hydrogen-bond acceptors (Lipinski definition) is 6. The highest BCUT2D eigenvalue weighted by atomic mass is 16.7. The average molecular weight is 182 g/mol. The van der Waals surface area contributed by atoms with Gasteiger partial charge in [-0.2, -0.15) is 0 Å². The highest BCUT2D eigenvalue weighted by Crippen LogP contribution is 1.79. The molecule has 0 spiro atoms. The highest BCUT2D eigenvalue weighted by molar-refractivity contribution is 5.57. The van der Waals surface area contributed by atoms with E-state index >= 15 is 0 Å². The van der Waals surface area contributed by atoms with Gasteiger partial charge in [-0.3, -0.25) is 11.7 Å². The van der Waals surface area contributed by atoms with Crippen LogP contribution in [0.25, 0.3) is 0 Å². The molecular weight excluding hydrogens is 172 g/mol. The molecule has 0 aromatic heterocycles. The highest BCUT2D eigenvalue weighted by Gasteiger charge is 1.98. The first-order valence-electron chi connectivity index (χ1n) is 2.67. The van der Waals surface area contributed by atoms with Gasteiger partial charge in [0.25, 0.3) is 0 Å². The fourth-order valence-corrected chi connectivity index (χ4v) is 0.258. The Kier molecular flexibility index (Phi) is 10.3. The first kappa shape index (κ1) is 13.1. The molecule has 0 saturated heterocycles. The molecule has 0 bridgehead atoms. The fraction of sp³-hybridized carbons (Fsp3) is 0.500. The topological polar surface area (TPSA) is 145 Å². The van der Waals surface area contributed by atoms with E-state index in [0.29, 0.717) is 0 Å². The minimum Gasteiger partial charge on any atom is -0.450 e. The van der Waals surface area contributed by atoms with Crippen LogP contribution >= 0.6 is 0 Å². The molecule has 0 fully saturated rings. The molecule has 0 amide bonds. The molecule has 0 aliphatic rings. The second kappa shape index (κ2) is 9.46. The monoisotopic (exact) mass is 182 g/mol. The fourth-order valence-electron chi connectivity index (χ4n) is 0.258. The molecule has 0 aliphatic carbocycles. The van der Waals surface area contributed by atoms with Crippen LogP contribution in [0.15, 0.2) is 0 Å². The van der Waals surface area contributed by atoms with Crippen molar-refractivity contribution in [2.24, 2.45) is 11.7 Å². The molecule has 0 rings (SSSR count). The van der Waals surface area contributed by atoms with Crippen LogP contribution in [0.4, 0.5) is 9.59 Å². The molecule has 0 unspecified atom stereocenters. The molecule has 0 heterocycles. The molecule has 0 saturated carbocycles. The van der Waals surface area contributed by atoms with Crippen LogP contribution in [0.5, 0.6) is 0 Å². The van der Waals surface area contributed by atoms with Gasteiger partial charge in [-0.05, 0) is 0 Å². The summed E-state index contributed by atoms with van der Waals surface area (Å²) in [4.78, 5) is 19.2. The van der Waals surface area contributed by atoms with Crippen LogP contribution in [0.1, 0.15) is 0 Å². The van der Waals surface area contributed by atoms with Gasteiger partial charge in [-0.25, -0.2) is 9.59 Å². The molecule has 0 aromatic carbocycles. The minimum atomic E-state index is -1.45. The van der Waals surface area contributed by atoms with Crippen LogP contribution in [-0.2, 0) is 9.47 Å². The van der Waals surface area contributed by atoms with E-state index in [1.165, 1.54) is 0 Å². The minimum absolute atomic E-state index is 0.276. The van der Waals surface area contributed by atoms with Gasteiger partial charge >= 0.3 is 12.3 Å². The van der Waals surface area contributed by atoms with Crippen LogP contribution in [0.3, 0.4) is 0 Å². The summed E-state index contributed by atoms with van der Waals surface area (Å²) in [5.74, 6) is 8.00. The van der Waals surface area contributed by atoms with E-state index in [1.54, 1.807) is 0 Å². The summed E-state index contributed by atoms with van der Waals surface area (Å²) in [5, 5.41) is 15.7. The summed E-state index contributed by atoms with van der Waals surface area (Å²) in [5.41, 5.74) is 0. The lowest BCUT2D eigenvalue weighted by molar-refractivity contribution is 0.0472. The molecule has 72 valence electrons. The molecule has 0 aromatic rings. The number of carbonyl (C=O) groups is 2. The van der Waals surface area contributed by atoms with Gasteiger partial charge in [0, 0.05) is 0 Å². The summed E-state index contributed by atoms with van der Waals surface area (Å²) in [7, 11) is 0. The molecule has 0 radical (unpaired) electrons. The predicted molar refractivity (Wildman–Crippen MR) is 36.3 cm³/mol. The van der Waals surface area contributed by atoms with E-state index in [9.17, 15) is 9.59 Å². The Morgan fingerprint density at radius 1 is 1.00 bits per heavy atom. The van der Waals surface area contributed by atoms with Gasteiger partial charge in [0.15, 0.2) is 0 Å². The molecule has 0 atom stereocenters. The van der Waals surface area contributed by atoms with E-state index < -0.39 is 12.3 Å². The van der Waals surface area contributed by atoms with Crippen molar-refractivity contribution in [2.45, 2.75) is 0 Å². The Hall–Kier alpha value is -1.54. The average Bonchev–Trinajstić information content (AvgIpc) is 2.02. The van der Waals surface area contributed by atoms with Crippen molar-refractivity contribution >= 4 is 12.3 Å². The summed E-state index contributed by atoms with van der Waals surface area (Å²) in [6.45, 7) is -0.552. The van der Waals surface area contributed by atoms with E-state index in [-0.39, 0.29) is 13.2 Å². The van der Waals surface area contributed by atoms with E-state index in [1.807, 2.05) is 0 Å². The second-order valence-electron chi connectivity index (χ2n) is 1.23. The van der Waals surface area contributed by atoms with Gasteiger partial charge in [0.05, 0.1) is 0 Å². The Morgan fingerprint density at radius 2 is 1.25 bits per heavy atom. The number of rotatable bonds is 3. The summed E-state index contributed by atoms with van der Waals surface area (Å²) < 4.78 is 7.84. The first-order valence-corrected chi connectivity index (χ1v) is 2.67. The van der Waals surface area contributed by atoms with E-state index in [2.05, 4.69) is 21.2 Å². The summed E-state index contributed by atoms with van der Waals surface area (Å²) in [6.07, 6.45) is -2.90. The zero-order valence-electron chi connectivity index (χ0n) is 6.10. The summed E-state index contributed by atoms with van der Waals surface area (Å²) >= 11 is 0. The number of hydrazine groups is 1. The van der Waals surface area contributed by atoms with Gasteiger partial charge in [-0.1, -0.05) is 0 Å². The van der Waals surface area contributed by atoms with Gasteiger partial charge in [0.2, 0.25) is 0 Å². The summed E-state index contributed by atoms with van der Waals surface area (Å²) in [6, 6.07) is 0. The van der Waals surface area contributed by atoms with Crippen molar-refractivity contribution in [3.8, 4) is 0 Å². The molecule has 8 heteroatoms. The van der Waals surface area contributed by atoms with Crippen LogP contribution in [-0.4, -0.2) is 35.7 Å². The van der Waals surface area contributed by atoms with Crippen molar-refractivity contribution in [1.29, 1.82) is 0 Å². The normalized spacial score (nSPS) is 7.50. The number of carboxylic acid groups (broad SMARTS) is 2. The number of hydrogen-bond donors (Lipinski definition) is 4. The number of ether oxygens (including phenoxy) is 2. The Balaban J connectivity index is 0. The lowest BCUT2D eigenvalue weighted by atomic mass is 10.8. The third-order valence-electron chi connectivity index (χ3n) is 0.534. The van der Waals surface area contributed by atoms with Crippen molar-refractivity contribution in [3.63, 3.8) is 0 Å². The quantitative estimate of drug-likeness (QED) is 0.192. The predicted octanol–water partition coefficient (Wildman–Crippen LogP) is -0.806. The van der Waals surface area contributed by atoms with Crippen molar-refractivity contribution < 1.29 is 29.3 Å². The van der Waals surface area contributed by atoms with Gasteiger partial charge in [-0.15, -0.1) is 0 Å². The zero-order valence-corrected chi connectivity index (χ0v) is 6.10.